The fourth-order valence-corrected chi connectivity index (χ4v) is 1.76. The molecule has 2 heterocycles. The second-order valence-corrected chi connectivity index (χ2v) is 4.09. The fraction of sp³-hybridized carbons (Fsp3) is 0.455. The topological polar surface area (TPSA) is 136 Å². The average Bonchev–Trinajstić information content (AvgIpc) is 2.82. The Morgan fingerprint density at radius 1 is 1.45 bits per heavy atom. The van der Waals surface area contributed by atoms with Gasteiger partial charge in [0.05, 0.1) is 19.5 Å². The molecule has 20 heavy (non-hydrogen) atoms. The number of carbonyl (C=O) groups excluding carboxylic acids is 1. The third-order valence-corrected chi connectivity index (χ3v) is 2.71. The molecule has 4 N–H and O–H groups in total. The van der Waals surface area contributed by atoms with E-state index in [-0.39, 0.29) is 19.0 Å². The highest BCUT2D eigenvalue weighted by atomic mass is 16.5. The predicted molar refractivity (Wildman–Crippen MR) is 68.4 cm³/mol. The zero-order valence-corrected chi connectivity index (χ0v) is 10.8. The number of aromatic nitrogens is 4. The van der Waals surface area contributed by atoms with Gasteiger partial charge in [0.1, 0.15) is 17.9 Å². The smallest absolute Gasteiger partial charge is 0.337 e. The number of rotatable bonds is 5. The van der Waals surface area contributed by atoms with Gasteiger partial charge in [-0.25, -0.2) is 19.7 Å². The first kappa shape index (κ1) is 14.2. The quantitative estimate of drug-likeness (QED) is 0.575. The Morgan fingerprint density at radius 2 is 2.20 bits per heavy atom. The van der Waals surface area contributed by atoms with Crippen LogP contribution in [0.5, 0.6) is 0 Å². The van der Waals surface area contributed by atoms with Crippen molar-refractivity contribution in [2.24, 2.45) is 0 Å². The van der Waals surface area contributed by atoms with Crippen LogP contribution < -0.4 is 5.73 Å². The first-order chi connectivity index (χ1) is 9.54. The molecule has 2 atom stereocenters. The Hall–Kier alpha value is -2.26. The highest BCUT2D eigenvalue weighted by Gasteiger charge is 2.26. The first-order valence-electron chi connectivity index (χ1n) is 5.98. The molecule has 0 aliphatic rings. The van der Waals surface area contributed by atoms with Crippen LogP contribution in [0.25, 0.3) is 11.2 Å². The number of anilines is 1. The molecular weight excluding hydrogens is 266 g/mol. The van der Waals surface area contributed by atoms with Gasteiger partial charge in [0, 0.05) is 0 Å². The van der Waals surface area contributed by atoms with E-state index < -0.39 is 18.2 Å². The van der Waals surface area contributed by atoms with Crippen LogP contribution in [0.4, 0.5) is 5.82 Å². The van der Waals surface area contributed by atoms with E-state index in [1.165, 1.54) is 17.2 Å². The van der Waals surface area contributed by atoms with Crippen molar-refractivity contribution in [3.05, 3.63) is 12.7 Å². The number of hydrogen-bond donors (Lipinski definition) is 3. The van der Waals surface area contributed by atoms with Gasteiger partial charge < -0.3 is 25.3 Å². The molecule has 0 fully saturated rings. The molecular formula is C11H15N5O4. The van der Waals surface area contributed by atoms with Gasteiger partial charge in [-0.2, -0.15) is 0 Å². The van der Waals surface area contributed by atoms with Crippen molar-refractivity contribution in [1.82, 2.24) is 19.5 Å². The summed E-state index contributed by atoms with van der Waals surface area (Å²) in [5.41, 5.74) is 6.52. The number of fused-ring (bicyclic) bond motifs is 1. The average molecular weight is 281 g/mol. The Bertz CT molecular complexity index is 614. The Labute approximate surface area is 114 Å². The summed E-state index contributed by atoms with van der Waals surface area (Å²) in [7, 11) is 0. The normalized spacial score (nSPS) is 14.2. The summed E-state index contributed by atoms with van der Waals surface area (Å²) in [6.07, 6.45) is -0.320. The highest BCUT2D eigenvalue weighted by Crippen LogP contribution is 2.16. The molecule has 0 aliphatic heterocycles. The molecule has 0 spiro atoms. The van der Waals surface area contributed by atoms with Gasteiger partial charge in [0.2, 0.25) is 0 Å². The lowest BCUT2D eigenvalue weighted by atomic mass is 10.2. The molecule has 0 amide bonds. The molecule has 2 aromatic heterocycles. The maximum Gasteiger partial charge on any atom is 0.337 e. The van der Waals surface area contributed by atoms with Crippen molar-refractivity contribution in [3.63, 3.8) is 0 Å². The standard InChI is InChI=1S/C11H15N5O4/c1-2-20-11(19)8(18)6(17)3-16-5-15-10-7(16)9(12)13-4-14-10/h4-6,8,17-18H,2-3H2,1H3,(H2,12,13,14). The summed E-state index contributed by atoms with van der Waals surface area (Å²) in [5, 5.41) is 19.5. The lowest BCUT2D eigenvalue weighted by Gasteiger charge is -2.17. The van der Waals surface area contributed by atoms with E-state index in [1.54, 1.807) is 6.92 Å². The summed E-state index contributed by atoms with van der Waals surface area (Å²) in [5.74, 6) is -0.682. The van der Waals surface area contributed by atoms with Gasteiger partial charge >= 0.3 is 5.97 Å². The van der Waals surface area contributed by atoms with Crippen LogP contribution in [0.1, 0.15) is 6.92 Å². The lowest BCUT2D eigenvalue weighted by Crippen LogP contribution is -2.38. The molecule has 0 radical (unpaired) electrons. The predicted octanol–water partition coefficient (Wildman–Crippen LogP) is -1.31. The summed E-state index contributed by atoms with van der Waals surface area (Å²) in [6.45, 7) is 1.64. The van der Waals surface area contributed by atoms with E-state index in [0.29, 0.717) is 11.2 Å². The molecule has 0 bridgehead atoms. The third kappa shape index (κ3) is 2.68. The van der Waals surface area contributed by atoms with Gasteiger partial charge in [-0.3, -0.25) is 0 Å². The van der Waals surface area contributed by atoms with Crippen LogP contribution in [-0.4, -0.2) is 54.5 Å². The minimum absolute atomic E-state index is 0.0892. The molecule has 0 saturated heterocycles. The number of imidazole rings is 1. The van der Waals surface area contributed by atoms with Crippen molar-refractivity contribution in [1.29, 1.82) is 0 Å². The number of aliphatic hydroxyl groups is 2. The molecule has 108 valence electrons. The van der Waals surface area contributed by atoms with Crippen LogP contribution >= 0.6 is 0 Å². The van der Waals surface area contributed by atoms with Gasteiger partial charge in [-0.15, -0.1) is 0 Å². The van der Waals surface area contributed by atoms with Gasteiger partial charge in [0.25, 0.3) is 0 Å². The third-order valence-electron chi connectivity index (χ3n) is 2.71. The van der Waals surface area contributed by atoms with Crippen LogP contribution in [0.3, 0.4) is 0 Å². The summed E-state index contributed by atoms with van der Waals surface area (Å²) < 4.78 is 6.10. The van der Waals surface area contributed by atoms with Crippen molar-refractivity contribution >= 4 is 23.0 Å². The Balaban J connectivity index is 2.18. The number of nitrogen functional groups attached to an aromatic ring is 1. The minimum Gasteiger partial charge on any atom is -0.464 e. The van der Waals surface area contributed by atoms with Crippen LogP contribution in [0, 0.1) is 0 Å². The number of ether oxygens (including phenoxy) is 1. The van der Waals surface area contributed by atoms with Crippen molar-refractivity contribution < 1.29 is 19.7 Å². The first-order valence-corrected chi connectivity index (χ1v) is 5.98. The van der Waals surface area contributed by atoms with Gasteiger partial charge in [0.15, 0.2) is 17.6 Å². The van der Waals surface area contributed by atoms with E-state index in [2.05, 4.69) is 19.7 Å². The molecule has 9 heteroatoms. The second kappa shape index (κ2) is 5.80. The van der Waals surface area contributed by atoms with E-state index in [1.807, 2.05) is 0 Å². The Kier molecular flexibility index (Phi) is 4.11. The zero-order valence-electron chi connectivity index (χ0n) is 10.8. The maximum absolute atomic E-state index is 11.3. The van der Waals surface area contributed by atoms with Crippen LogP contribution in [0.15, 0.2) is 12.7 Å². The monoisotopic (exact) mass is 281 g/mol. The largest absolute Gasteiger partial charge is 0.464 e. The van der Waals surface area contributed by atoms with Crippen molar-refractivity contribution in [2.45, 2.75) is 25.7 Å². The second-order valence-electron chi connectivity index (χ2n) is 4.09. The number of carbonyl (C=O) groups is 1. The highest BCUT2D eigenvalue weighted by molar-refractivity contribution is 5.81. The Morgan fingerprint density at radius 3 is 2.90 bits per heavy atom. The number of hydrogen-bond acceptors (Lipinski definition) is 8. The maximum atomic E-state index is 11.3. The summed E-state index contributed by atoms with van der Waals surface area (Å²) in [6, 6.07) is 0. The molecule has 2 unspecified atom stereocenters. The number of nitrogens with two attached hydrogens (primary N) is 1. The van der Waals surface area contributed by atoms with E-state index in [9.17, 15) is 15.0 Å². The fourth-order valence-electron chi connectivity index (χ4n) is 1.76. The van der Waals surface area contributed by atoms with E-state index >= 15 is 0 Å². The van der Waals surface area contributed by atoms with Crippen LogP contribution in [-0.2, 0) is 16.1 Å². The zero-order chi connectivity index (χ0) is 14.7. The van der Waals surface area contributed by atoms with Gasteiger partial charge in [-0.05, 0) is 6.92 Å². The van der Waals surface area contributed by atoms with E-state index in [0.717, 1.165) is 0 Å². The molecule has 0 aliphatic carbocycles. The lowest BCUT2D eigenvalue weighted by molar-refractivity contribution is -0.159. The summed E-state index contributed by atoms with van der Waals surface area (Å²) >= 11 is 0. The van der Waals surface area contributed by atoms with Crippen molar-refractivity contribution in [2.75, 3.05) is 12.3 Å². The number of aliphatic hydroxyl groups excluding tert-OH is 2. The van der Waals surface area contributed by atoms with Gasteiger partial charge in [-0.1, -0.05) is 0 Å². The SMILES string of the molecule is CCOC(=O)C(O)C(O)Cn1cnc2ncnc(N)c21. The summed E-state index contributed by atoms with van der Waals surface area (Å²) in [4.78, 5) is 23.1. The van der Waals surface area contributed by atoms with E-state index in [4.69, 9.17) is 5.73 Å². The van der Waals surface area contributed by atoms with Crippen molar-refractivity contribution in [3.8, 4) is 0 Å². The molecule has 2 aromatic rings. The molecule has 9 nitrogen and oxygen atoms in total. The molecule has 0 aromatic carbocycles. The van der Waals surface area contributed by atoms with Crippen LogP contribution in [0.2, 0.25) is 0 Å². The molecule has 0 saturated carbocycles. The minimum atomic E-state index is -1.64. The number of nitrogens with zero attached hydrogens (tertiary/aromatic N) is 4. The molecule has 2 rings (SSSR count). The number of esters is 1.